The summed E-state index contributed by atoms with van der Waals surface area (Å²) in [5, 5.41) is 70.8. The van der Waals surface area contributed by atoms with E-state index in [2.05, 4.69) is 61.0 Å². The third-order valence-corrected chi connectivity index (χ3v) is 14.3. The predicted molar refractivity (Wildman–Crippen MR) is 281 cm³/mol. The van der Waals surface area contributed by atoms with Gasteiger partial charge in [0.05, 0.1) is 40.4 Å². The SMILES string of the molecule is CC(O)CN(CC(C)O)c1nc(Cl)nc(Nc2ccc(S(=O)(=O)O)c(/N=N/c3c(S(C)(=O)=O)cc4cc(S(=O)(=O)O)c(/N=N/c5cc(Nc6nc(Cl)nc(N(CC(C)O)CC(C)O)n6)ccc5S(=O)(=O)O)c(O)c4c3N)c2)n1. The van der Waals surface area contributed by atoms with Gasteiger partial charge in [0, 0.05) is 43.8 Å². The number of hydrogen-bond donors (Lipinski definition) is 11. The van der Waals surface area contributed by atoms with Gasteiger partial charge < -0.3 is 51.7 Å². The maximum absolute atomic E-state index is 13.3. The summed E-state index contributed by atoms with van der Waals surface area (Å²) >= 11 is 12.3. The first-order valence-corrected chi connectivity index (χ1v) is 29.0. The topological polar surface area (TPSA) is 482 Å². The highest BCUT2D eigenvalue weighted by atomic mass is 35.5. The molecule has 78 heavy (non-hydrogen) atoms. The number of nitrogens with one attached hydrogen (secondary N) is 2. The molecule has 420 valence electrons. The van der Waals surface area contributed by atoms with E-state index in [-0.39, 0.29) is 71.9 Å². The number of rotatable bonds is 22. The van der Waals surface area contributed by atoms with E-state index in [1.54, 1.807) is 0 Å². The number of azo groups is 2. The molecule has 31 nitrogen and oxygen atoms in total. The lowest BCUT2D eigenvalue weighted by Gasteiger charge is -2.25. The van der Waals surface area contributed by atoms with Gasteiger partial charge in [0.1, 0.15) is 37.4 Å². The number of aromatic nitrogens is 6. The Morgan fingerprint density at radius 3 is 1.28 bits per heavy atom. The Bertz CT molecular complexity index is 3560. The number of benzene rings is 4. The van der Waals surface area contributed by atoms with E-state index < -0.39 is 129 Å². The van der Waals surface area contributed by atoms with Gasteiger partial charge in [-0.25, -0.2) is 8.42 Å². The molecule has 12 N–H and O–H groups in total. The molecule has 0 radical (unpaired) electrons. The monoisotopic (exact) mass is 1200 g/mol. The lowest BCUT2D eigenvalue weighted by Crippen LogP contribution is -2.37. The summed E-state index contributed by atoms with van der Waals surface area (Å²) in [4.78, 5) is 23.4. The van der Waals surface area contributed by atoms with Crippen LogP contribution in [0.5, 0.6) is 5.75 Å². The number of aliphatic hydroxyl groups excluding tert-OH is 4. The van der Waals surface area contributed by atoms with Crippen molar-refractivity contribution in [2.75, 3.05) is 58.6 Å². The zero-order chi connectivity index (χ0) is 58.0. The van der Waals surface area contributed by atoms with Gasteiger partial charge >= 0.3 is 0 Å². The van der Waals surface area contributed by atoms with Gasteiger partial charge in [-0.15, -0.1) is 20.5 Å². The number of halogens is 2. The molecule has 0 aliphatic rings. The van der Waals surface area contributed by atoms with Crippen LogP contribution in [0.1, 0.15) is 27.7 Å². The lowest BCUT2D eigenvalue weighted by molar-refractivity contribution is 0.176. The number of phenols is 1. The average molecular weight is 1210 g/mol. The molecule has 0 spiro atoms. The Hall–Kier alpha value is -6.74. The normalized spacial score (nSPS) is 14.2. The van der Waals surface area contributed by atoms with Crippen molar-refractivity contribution in [2.45, 2.75) is 71.7 Å². The van der Waals surface area contributed by atoms with Crippen LogP contribution in [0.15, 0.2) is 88.6 Å². The fraction of sp³-hybridized carbons (Fsp3) is 0.317. The maximum Gasteiger partial charge on any atom is 0.296 e. The second-order valence-corrected chi connectivity index (χ2v) is 24.0. The van der Waals surface area contributed by atoms with Crippen LogP contribution in [0.2, 0.25) is 10.6 Å². The van der Waals surface area contributed by atoms with Gasteiger partial charge in [-0.2, -0.15) is 55.2 Å². The molecule has 0 saturated carbocycles. The molecule has 0 fully saturated rings. The van der Waals surface area contributed by atoms with Crippen molar-refractivity contribution in [3.05, 3.63) is 59.1 Å². The quantitative estimate of drug-likeness (QED) is 0.0255. The second-order valence-electron chi connectivity index (χ2n) is 17.2. The zero-order valence-electron chi connectivity index (χ0n) is 40.9. The highest BCUT2D eigenvalue weighted by molar-refractivity contribution is 7.91. The second kappa shape index (κ2) is 23.7. The number of nitrogens with zero attached hydrogens (tertiary/aromatic N) is 12. The van der Waals surface area contributed by atoms with Crippen LogP contribution in [-0.4, -0.2) is 160 Å². The number of fused-ring (bicyclic) bond motifs is 1. The van der Waals surface area contributed by atoms with Crippen LogP contribution in [0.25, 0.3) is 10.8 Å². The van der Waals surface area contributed by atoms with Crippen molar-refractivity contribution in [2.24, 2.45) is 20.5 Å². The van der Waals surface area contributed by atoms with Gasteiger partial charge in [-0.3, -0.25) is 13.7 Å². The molecule has 4 aromatic carbocycles. The number of hydrogen-bond acceptors (Lipinski definition) is 28. The molecule has 2 aromatic heterocycles. The molecule has 4 atom stereocenters. The number of anilines is 7. The van der Waals surface area contributed by atoms with Crippen LogP contribution in [0.4, 0.5) is 63.6 Å². The van der Waals surface area contributed by atoms with Crippen molar-refractivity contribution in [3.63, 3.8) is 0 Å². The van der Waals surface area contributed by atoms with E-state index in [0.717, 1.165) is 42.5 Å². The number of aromatic hydroxyl groups is 1. The standard InChI is InChI=1S/C41H47Cl2N15O16S4/c1-18(59)14-57(15-19(2)60)40-49-36(42)47-38(51-40)45-23-6-8-27(76(66,67)68)25(12-23)53-55-33-29(75(5,64)65)10-22-11-30(78(72,73)74)34(35(63)31(22)32(33)44)56-54-26-13-24(7-9-28(26)77(69,70)71)46-39-48-37(43)50-41(52-39)58(16-20(3)61)17-21(4)62/h6-13,18-21,59-63H,14-17,44H2,1-5H3,(H,66,67,68)(H,69,70,71)(H,72,73,74)(H,45,47,49,51)(H,46,48,50,52)/b55-53+,56-54+. The number of sulfone groups is 1. The minimum Gasteiger partial charge on any atom is -0.505 e. The Labute approximate surface area is 453 Å². The van der Waals surface area contributed by atoms with Crippen molar-refractivity contribution in [3.8, 4) is 5.75 Å². The van der Waals surface area contributed by atoms with Gasteiger partial charge in [0.15, 0.2) is 15.6 Å². The van der Waals surface area contributed by atoms with Crippen LogP contribution in [-0.2, 0) is 40.2 Å². The van der Waals surface area contributed by atoms with E-state index in [1.807, 2.05) is 0 Å². The molecule has 6 rings (SSSR count). The number of nitrogens with two attached hydrogens (primary N) is 1. The highest BCUT2D eigenvalue weighted by Crippen LogP contribution is 2.49. The summed E-state index contributed by atoms with van der Waals surface area (Å²) in [7, 11) is -20.3. The summed E-state index contributed by atoms with van der Waals surface area (Å²) in [6.07, 6.45) is -3.01. The number of nitrogen functional groups attached to an aromatic ring is 1. The van der Waals surface area contributed by atoms with Crippen LogP contribution in [0, 0.1) is 0 Å². The molecule has 0 aliphatic carbocycles. The lowest BCUT2D eigenvalue weighted by atomic mass is 10.1. The van der Waals surface area contributed by atoms with E-state index >= 15 is 0 Å². The molecule has 0 saturated heterocycles. The summed E-state index contributed by atoms with van der Waals surface area (Å²) in [6.45, 7) is 5.66. The fourth-order valence-corrected chi connectivity index (χ4v) is 10.3. The largest absolute Gasteiger partial charge is 0.505 e. The molecule has 37 heteroatoms. The van der Waals surface area contributed by atoms with Crippen molar-refractivity contribution in [1.29, 1.82) is 0 Å². The zero-order valence-corrected chi connectivity index (χ0v) is 45.7. The molecular formula is C41H47Cl2N15O16S4. The predicted octanol–water partition coefficient (Wildman–Crippen LogP) is 4.40. The average Bonchev–Trinajstić information content (AvgIpc) is 3.43. The molecular weight excluding hydrogens is 1160 g/mol. The van der Waals surface area contributed by atoms with E-state index in [1.165, 1.54) is 37.5 Å². The smallest absolute Gasteiger partial charge is 0.296 e. The first-order valence-electron chi connectivity index (χ1n) is 22.0. The summed E-state index contributed by atoms with van der Waals surface area (Å²) < 4.78 is 133. The van der Waals surface area contributed by atoms with E-state index in [9.17, 15) is 72.9 Å². The van der Waals surface area contributed by atoms with Crippen molar-refractivity contribution >= 4 is 138 Å². The van der Waals surface area contributed by atoms with Gasteiger partial charge in [0.2, 0.25) is 34.4 Å². The third kappa shape index (κ3) is 15.3. The first-order chi connectivity index (χ1) is 36.1. The Kier molecular flexibility index (Phi) is 18.4. The third-order valence-electron chi connectivity index (χ3n) is 10.2. The molecule has 2 heterocycles. The number of aliphatic hydroxyl groups is 4. The first kappa shape index (κ1) is 60.5. The maximum atomic E-state index is 13.3. The summed E-state index contributed by atoms with van der Waals surface area (Å²) in [5.41, 5.74) is 2.08. The Morgan fingerprint density at radius 1 is 0.551 bits per heavy atom. The Morgan fingerprint density at radius 2 is 0.923 bits per heavy atom. The minimum absolute atomic E-state index is 0.0513. The molecule has 4 unspecified atom stereocenters. The number of phenolic OH excluding ortho intramolecular Hbond substituents is 1. The molecule has 0 bridgehead atoms. The van der Waals surface area contributed by atoms with Crippen LogP contribution >= 0.6 is 23.2 Å². The summed E-state index contributed by atoms with van der Waals surface area (Å²) in [6, 6.07) is 7.18. The van der Waals surface area contributed by atoms with Gasteiger partial charge in [-0.1, -0.05) is 0 Å². The molecule has 6 aromatic rings. The van der Waals surface area contributed by atoms with Crippen molar-refractivity contribution in [1.82, 2.24) is 29.9 Å². The van der Waals surface area contributed by atoms with Crippen LogP contribution < -0.4 is 26.2 Å². The van der Waals surface area contributed by atoms with E-state index in [4.69, 9.17) is 28.9 Å². The fourth-order valence-electron chi connectivity index (χ4n) is 7.26. The molecule has 0 aliphatic heterocycles. The Balaban J connectivity index is 1.48. The highest BCUT2D eigenvalue weighted by Gasteiger charge is 2.29. The van der Waals surface area contributed by atoms with Crippen molar-refractivity contribution < 1.29 is 72.9 Å². The molecule has 0 amide bonds. The van der Waals surface area contributed by atoms with Gasteiger partial charge in [-0.05, 0) is 105 Å². The van der Waals surface area contributed by atoms with Gasteiger partial charge in [0.25, 0.3) is 30.4 Å². The van der Waals surface area contributed by atoms with E-state index in [0.29, 0.717) is 12.3 Å². The minimum atomic E-state index is -5.48. The summed E-state index contributed by atoms with van der Waals surface area (Å²) in [5.74, 6) is -2.00. The van der Waals surface area contributed by atoms with Crippen LogP contribution in [0.3, 0.4) is 0 Å².